The summed E-state index contributed by atoms with van der Waals surface area (Å²) in [5, 5.41) is 2.42. The molecule has 27 heavy (non-hydrogen) atoms. The van der Waals surface area contributed by atoms with Gasteiger partial charge in [0, 0.05) is 11.9 Å². The maximum Gasteiger partial charge on any atom is 0.416 e. The van der Waals surface area contributed by atoms with E-state index in [0.29, 0.717) is 5.56 Å². The predicted molar refractivity (Wildman–Crippen MR) is 94.1 cm³/mol. The van der Waals surface area contributed by atoms with Crippen LogP contribution in [0.2, 0.25) is 0 Å². The first-order chi connectivity index (χ1) is 12.7. The lowest BCUT2D eigenvalue weighted by molar-refractivity contribution is -0.137. The summed E-state index contributed by atoms with van der Waals surface area (Å²) in [6.45, 7) is 0. The van der Waals surface area contributed by atoms with E-state index in [1.54, 1.807) is 12.1 Å². The van der Waals surface area contributed by atoms with E-state index < -0.39 is 17.6 Å². The number of rotatable bonds is 5. The molecule has 1 aromatic carbocycles. The Labute approximate surface area is 153 Å². The highest BCUT2D eigenvalue weighted by Gasteiger charge is 2.29. The van der Waals surface area contributed by atoms with Gasteiger partial charge in [0.15, 0.2) is 5.69 Å². The molecule has 9 heteroatoms. The molecule has 0 radical (unpaired) electrons. The topological polar surface area (TPSA) is 103 Å². The van der Waals surface area contributed by atoms with Crippen molar-refractivity contribution in [1.29, 1.82) is 0 Å². The molecule has 0 atom stereocenters. The number of nitrogens with two attached hydrogens (primary N) is 2. The van der Waals surface area contributed by atoms with Crippen LogP contribution in [0.4, 0.5) is 13.2 Å². The molecule has 2 rings (SSSR count). The van der Waals surface area contributed by atoms with Gasteiger partial charge in [-0.3, -0.25) is 4.79 Å². The molecule has 142 valence electrons. The van der Waals surface area contributed by atoms with Crippen molar-refractivity contribution in [2.24, 2.45) is 11.5 Å². The van der Waals surface area contributed by atoms with Crippen molar-refractivity contribution < 1.29 is 22.7 Å². The van der Waals surface area contributed by atoms with Crippen molar-refractivity contribution in [2.45, 2.75) is 6.18 Å². The molecule has 2 aromatic rings. The number of methoxy groups -OCH3 is 1. The zero-order chi connectivity index (χ0) is 20.0. The first-order valence-electron chi connectivity index (χ1n) is 7.63. The molecule has 0 aliphatic heterocycles. The second-order valence-corrected chi connectivity index (χ2v) is 5.33. The zero-order valence-corrected chi connectivity index (χ0v) is 14.2. The molecular weight excluding hydrogens is 361 g/mol. The fourth-order valence-corrected chi connectivity index (χ4v) is 2.09. The monoisotopic (exact) mass is 378 g/mol. The van der Waals surface area contributed by atoms with Gasteiger partial charge in [-0.1, -0.05) is 12.1 Å². The van der Waals surface area contributed by atoms with E-state index in [2.05, 4.69) is 10.3 Å². The Morgan fingerprint density at radius 3 is 2.41 bits per heavy atom. The van der Waals surface area contributed by atoms with Gasteiger partial charge in [-0.05, 0) is 42.0 Å². The van der Waals surface area contributed by atoms with Crippen LogP contribution in [-0.2, 0) is 6.18 Å². The first kappa shape index (κ1) is 19.8. The van der Waals surface area contributed by atoms with Crippen LogP contribution in [0.1, 0.15) is 21.6 Å². The number of carbonyl (C=O) groups is 1. The number of amides is 1. The van der Waals surface area contributed by atoms with Gasteiger partial charge in [0.2, 0.25) is 0 Å². The number of benzene rings is 1. The number of aromatic nitrogens is 1. The summed E-state index contributed by atoms with van der Waals surface area (Å²) in [6, 6.07) is 7.54. The Bertz CT molecular complexity index is 875. The molecule has 0 saturated heterocycles. The van der Waals surface area contributed by atoms with Gasteiger partial charge in [0.1, 0.15) is 11.6 Å². The van der Waals surface area contributed by atoms with Crippen molar-refractivity contribution >= 4 is 11.6 Å². The zero-order valence-electron chi connectivity index (χ0n) is 14.2. The number of allylic oxidation sites excluding steroid dienone is 2. The van der Waals surface area contributed by atoms with Gasteiger partial charge in [-0.2, -0.15) is 13.2 Å². The molecule has 0 unspecified atom stereocenters. The summed E-state index contributed by atoms with van der Waals surface area (Å²) in [5.74, 6) is -0.326. The highest BCUT2D eigenvalue weighted by molar-refractivity contribution is 5.95. The maximum atomic E-state index is 12.6. The standard InChI is InChI=1S/C18H17F3N4O2/c1-27-14-3-2-10-24-16(14)17(26)25-15(23)9-8-13(22)11-4-6-12(7-5-11)18(19,20)21/h2-10H,22-23H2,1H3,(H,25,26)/b13-8-,15-9+. The Balaban J connectivity index is 2.10. The summed E-state index contributed by atoms with van der Waals surface area (Å²) in [7, 11) is 1.40. The van der Waals surface area contributed by atoms with E-state index in [1.165, 1.54) is 37.6 Å². The smallest absolute Gasteiger partial charge is 0.416 e. The van der Waals surface area contributed by atoms with Gasteiger partial charge >= 0.3 is 6.18 Å². The highest BCUT2D eigenvalue weighted by atomic mass is 19.4. The number of halogens is 3. The molecule has 1 heterocycles. The average molecular weight is 378 g/mol. The minimum Gasteiger partial charge on any atom is -0.494 e. The third kappa shape index (κ3) is 5.24. The molecule has 5 N–H and O–H groups in total. The molecule has 0 aliphatic rings. The molecule has 0 fully saturated rings. The van der Waals surface area contributed by atoms with Crippen LogP contribution in [0.15, 0.2) is 60.6 Å². The van der Waals surface area contributed by atoms with E-state index in [0.717, 1.165) is 12.1 Å². The van der Waals surface area contributed by atoms with Crippen molar-refractivity contribution in [3.05, 3.63) is 77.4 Å². The van der Waals surface area contributed by atoms with Crippen molar-refractivity contribution in [3.8, 4) is 5.75 Å². The van der Waals surface area contributed by atoms with Crippen molar-refractivity contribution in [2.75, 3.05) is 7.11 Å². The molecule has 0 aliphatic carbocycles. The van der Waals surface area contributed by atoms with E-state index in [1.807, 2.05) is 0 Å². The summed E-state index contributed by atoms with van der Waals surface area (Å²) in [5.41, 5.74) is 11.4. The Hall–Kier alpha value is -3.49. The predicted octanol–water partition coefficient (Wildman–Crippen LogP) is 2.64. The lowest BCUT2D eigenvalue weighted by atomic mass is 10.1. The van der Waals surface area contributed by atoms with E-state index in [4.69, 9.17) is 16.2 Å². The van der Waals surface area contributed by atoms with E-state index in [9.17, 15) is 18.0 Å². The largest absolute Gasteiger partial charge is 0.494 e. The average Bonchev–Trinajstić information content (AvgIpc) is 2.65. The molecule has 0 spiro atoms. The summed E-state index contributed by atoms with van der Waals surface area (Å²) < 4.78 is 42.7. The fraction of sp³-hybridized carbons (Fsp3) is 0.111. The van der Waals surface area contributed by atoms with Crippen LogP contribution in [-0.4, -0.2) is 18.0 Å². The van der Waals surface area contributed by atoms with Crippen LogP contribution < -0.4 is 21.5 Å². The third-order valence-corrected chi connectivity index (χ3v) is 3.45. The quantitative estimate of drug-likeness (QED) is 0.694. The minimum atomic E-state index is -4.42. The van der Waals surface area contributed by atoms with Gasteiger partial charge in [0.25, 0.3) is 5.91 Å². The van der Waals surface area contributed by atoms with Gasteiger partial charge in [-0.15, -0.1) is 0 Å². The number of nitrogens with zero attached hydrogens (tertiary/aromatic N) is 1. The fourth-order valence-electron chi connectivity index (χ4n) is 2.09. The van der Waals surface area contributed by atoms with Crippen LogP contribution in [0.3, 0.4) is 0 Å². The Morgan fingerprint density at radius 1 is 1.15 bits per heavy atom. The van der Waals surface area contributed by atoms with Gasteiger partial charge in [-0.25, -0.2) is 4.98 Å². The molecule has 6 nitrogen and oxygen atoms in total. The van der Waals surface area contributed by atoms with Crippen LogP contribution in [0.25, 0.3) is 5.70 Å². The maximum absolute atomic E-state index is 12.6. The Kier molecular flexibility index (Phi) is 6.07. The lowest BCUT2D eigenvalue weighted by Gasteiger charge is -2.08. The SMILES string of the molecule is COc1cccnc1C(=O)N/C(N)=C/C=C(\N)c1ccc(C(F)(F)F)cc1. The molecular formula is C18H17F3N4O2. The molecule has 1 amide bonds. The lowest BCUT2D eigenvalue weighted by Crippen LogP contribution is -2.28. The summed E-state index contributed by atoms with van der Waals surface area (Å²) in [6.07, 6.45) is -0.299. The molecule has 1 aromatic heterocycles. The number of carbonyl (C=O) groups excluding carboxylic acids is 1. The van der Waals surface area contributed by atoms with Crippen molar-refractivity contribution in [3.63, 3.8) is 0 Å². The van der Waals surface area contributed by atoms with E-state index in [-0.39, 0.29) is 23.0 Å². The highest BCUT2D eigenvalue weighted by Crippen LogP contribution is 2.29. The second-order valence-electron chi connectivity index (χ2n) is 5.33. The number of hydrogen-bond donors (Lipinski definition) is 3. The van der Waals surface area contributed by atoms with E-state index >= 15 is 0 Å². The number of hydrogen-bond acceptors (Lipinski definition) is 5. The normalized spacial score (nSPS) is 12.6. The number of ether oxygens (including phenoxy) is 1. The Morgan fingerprint density at radius 2 is 1.81 bits per heavy atom. The summed E-state index contributed by atoms with van der Waals surface area (Å²) in [4.78, 5) is 16.1. The van der Waals surface area contributed by atoms with Crippen LogP contribution >= 0.6 is 0 Å². The number of pyridine rings is 1. The van der Waals surface area contributed by atoms with Crippen LogP contribution in [0.5, 0.6) is 5.75 Å². The summed E-state index contributed by atoms with van der Waals surface area (Å²) >= 11 is 0. The number of alkyl halides is 3. The van der Waals surface area contributed by atoms with Crippen LogP contribution in [0, 0.1) is 0 Å². The molecule has 0 saturated carbocycles. The number of nitrogens with one attached hydrogen (secondary N) is 1. The van der Waals surface area contributed by atoms with Gasteiger partial charge in [0.05, 0.1) is 12.7 Å². The van der Waals surface area contributed by atoms with Crippen molar-refractivity contribution in [1.82, 2.24) is 10.3 Å². The second kappa shape index (κ2) is 8.26. The first-order valence-corrected chi connectivity index (χ1v) is 7.63. The van der Waals surface area contributed by atoms with Gasteiger partial charge < -0.3 is 21.5 Å². The third-order valence-electron chi connectivity index (χ3n) is 3.45. The molecule has 0 bridgehead atoms. The minimum absolute atomic E-state index is 0.0254.